The largest absolute Gasteiger partial charge is 0.380 e. The lowest BCUT2D eigenvalue weighted by Gasteiger charge is -2.19. The molecule has 0 fully saturated rings. The number of rotatable bonds is 6. The lowest BCUT2D eigenvalue weighted by atomic mass is 10.1. The molecule has 0 heterocycles. The molecule has 0 amide bonds. The van der Waals surface area contributed by atoms with Crippen molar-refractivity contribution in [2.75, 3.05) is 20.2 Å². The molecule has 2 unspecified atom stereocenters. The molecule has 3 N–H and O–H groups in total. The number of ether oxygens (including phenoxy) is 1. The fourth-order valence-corrected chi connectivity index (χ4v) is 1.55. The predicted molar refractivity (Wildman–Crippen MR) is 67.7 cm³/mol. The van der Waals surface area contributed by atoms with Gasteiger partial charge in [-0.2, -0.15) is 0 Å². The second-order valence-corrected chi connectivity index (χ2v) is 4.23. The summed E-state index contributed by atoms with van der Waals surface area (Å²) in [4.78, 5) is 0. The first kappa shape index (κ1) is 13.5. The first-order chi connectivity index (χ1) is 7.67. The molecule has 2 atom stereocenters. The third kappa shape index (κ3) is 4.10. The lowest BCUT2D eigenvalue weighted by Crippen LogP contribution is -2.33. The summed E-state index contributed by atoms with van der Waals surface area (Å²) >= 11 is 5.84. The summed E-state index contributed by atoms with van der Waals surface area (Å²) in [6.45, 7) is 3.35. The first-order valence-electron chi connectivity index (χ1n) is 5.39. The van der Waals surface area contributed by atoms with E-state index in [1.807, 2.05) is 31.2 Å². The maximum Gasteiger partial charge on any atom is 0.0667 e. The average Bonchev–Trinajstić information content (AvgIpc) is 2.31. The number of nitrogens with two attached hydrogens (primary N) is 1. The van der Waals surface area contributed by atoms with Crippen LogP contribution in [0.15, 0.2) is 24.3 Å². The van der Waals surface area contributed by atoms with Crippen molar-refractivity contribution in [1.82, 2.24) is 5.32 Å². The molecule has 0 spiro atoms. The van der Waals surface area contributed by atoms with E-state index in [-0.39, 0.29) is 12.1 Å². The van der Waals surface area contributed by atoms with Crippen LogP contribution in [0.4, 0.5) is 0 Å². The van der Waals surface area contributed by atoms with Crippen molar-refractivity contribution in [2.45, 2.75) is 19.1 Å². The Hall–Kier alpha value is -0.610. The van der Waals surface area contributed by atoms with Gasteiger partial charge < -0.3 is 15.8 Å². The second-order valence-electron chi connectivity index (χ2n) is 3.79. The average molecular weight is 243 g/mol. The Labute approximate surface area is 102 Å². The smallest absolute Gasteiger partial charge is 0.0667 e. The van der Waals surface area contributed by atoms with E-state index < -0.39 is 0 Å². The minimum absolute atomic E-state index is 0.148. The van der Waals surface area contributed by atoms with Crippen molar-refractivity contribution in [2.24, 2.45) is 5.73 Å². The van der Waals surface area contributed by atoms with Gasteiger partial charge in [0.2, 0.25) is 0 Å². The topological polar surface area (TPSA) is 47.3 Å². The summed E-state index contributed by atoms with van der Waals surface area (Å²) in [5.41, 5.74) is 6.88. The molecule has 4 heteroatoms. The van der Waals surface area contributed by atoms with Crippen LogP contribution in [0, 0.1) is 0 Å². The second kappa shape index (κ2) is 6.86. The van der Waals surface area contributed by atoms with Gasteiger partial charge in [0.05, 0.1) is 6.10 Å². The zero-order chi connectivity index (χ0) is 12.0. The van der Waals surface area contributed by atoms with Crippen LogP contribution in [0.1, 0.15) is 18.5 Å². The lowest BCUT2D eigenvalue weighted by molar-refractivity contribution is 0.114. The Kier molecular flexibility index (Phi) is 5.77. The Morgan fingerprint density at radius 2 is 2.00 bits per heavy atom. The van der Waals surface area contributed by atoms with Crippen molar-refractivity contribution in [3.63, 3.8) is 0 Å². The molecule has 0 radical (unpaired) electrons. The molecule has 1 aromatic rings. The summed E-state index contributed by atoms with van der Waals surface area (Å²) in [5.74, 6) is 0. The molecule has 0 saturated heterocycles. The van der Waals surface area contributed by atoms with Crippen molar-refractivity contribution >= 4 is 11.6 Å². The van der Waals surface area contributed by atoms with Gasteiger partial charge in [0.15, 0.2) is 0 Å². The van der Waals surface area contributed by atoms with E-state index in [1.165, 1.54) is 0 Å². The van der Waals surface area contributed by atoms with Gasteiger partial charge in [-0.25, -0.2) is 0 Å². The Balaban J connectivity index is 2.57. The van der Waals surface area contributed by atoms with Crippen LogP contribution in [0.3, 0.4) is 0 Å². The van der Waals surface area contributed by atoms with Gasteiger partial charge in [-0.15, -0.1) is 0 Å². The number of hydrogen-bond acceptors (Lipinski definition) is 3. The molecule has 0 bridgehead atoms. The highest BCUT2D eigenvalue weighted by atomic mass is 35.5. The molecule has 1 aromatic carbocycles. The molecule has 3 nitrogen and oxygen atoms in total. The van der Waals surface area contributed by atoms with Crippen LogP contribution < -0.4 is 11.1 Å². The Bertz CT molecular complexity index is 302. The molecular formula is C12H19ClN2O. The molecule has 0 saturated carbocycles. The number of hydrogen-bond donors (Lipinski definition) is 2. The standard InChI is InChI=1S/C12H19ClN2O/c1-9(16-2)8-15-12(7-14)10-3-5-11(13)6-4-10/h3-6,9,12,15H,7-8,14H2,1-2H3. The normalized spacial score (nSPS) is 14.8. The number of halogens is 1. The molecule has 0 aliphatic rings. The predicted octanol–water partition coefficient (Wildman–Crippen LogP) is 1.96. The van der Waals surface area contributed by atoms with Crippen LogP contribution in [0.25, 0.3) is 0 Å². The summed E-state index contributed by atoms with van der Waals surface area (Å²) in [6.07, 6.45) is 0.182. The van der Waals surface area contributed by atoms with E-state index in [0.717, 1.165) is 17.1 Å². The quantitative estimate of drug-likeness (QED) is 0.802. The minimum Gasteiger partial charge on any atom is -0.380 e. The van der Waals surface area contributed by atoms with Crippen LogP contribution in [-0.4, -0.2) is 26.3 Å². The molecule has 0 aliphatic carbocycles. The minimum atomic E-state index is 0.148. The highest BCUT2D eigenvalue weighted by Gasteiger charge is 2.10. The van der Waals surface area contributed by atoms with Crippen LogP contribution in [0.2, 0.25) is 5.02 Å². The van der Waals surface area contributed by atoms with Crippen LogP contribution in [0.5, 0.6) is 0 Å². The van der Waals surface area contributed by atoms with Gasteiger partial charge >= 0.3 is 0 Å². The van der Waals surface area contributed by atoms with Gasteiger partial charge in [0.1, 0.15) is 0 Å². The first-order valence-corrected chi connectivity index (χ1v) is 5.77. The molecule has 90 valence electrons. The molecular weight excluding hydrogens is 224 g/mol. The molecule has 0 aliphatic heterocycles. The fraction of sp³-hybridized carbons (Fsp3) is 0.500. The third-order valence-corrected chi connectivity index (χ3v) is 2.81. The van der Waals surface area contributed by atoms with Gasteiger partial charge in [-0.1, -0.05) is 23.7 Å². The maximum absolute atomic E-state index is 5.84. The van der Waals surface area contributed by atoms with Gasteiger partial charge in [-0.3, -0.25) is 0 Å². The third-order valence-electron chi connectivity index (χ3n) is 2.56. The van der Waals surface area contributed by atoms with Gasteiger partial charge in [0.25, 0.3) is 0 Å². The highest BCUT2D eigenvalue weighted by molar-refractivity contribution is 6.30. The van der Waals surface area contributed by atoms with Gasteiger partial charge in [0, 0.05) is 31.3 Å². The zero-order valence-electron chi connectivity index (χ0n) is 9.74. The summed E-state index contributed by atoms with van der Waals surface area (Å²) < 4.78 is 5.18. The van der Waals surface area contributed by atoms with E-state index in [2.05, 4.69) is 5.32 Å². The van der Waals surface area contributed by atoms with Crippen LogP contribution >= 0.6 is 11.6 Å². The summed E-state index contributed by atoms with van der Waals surface area (Å²) in [6, 6.07) is 7.88. The SMILES string of the molecule is COC(C)CNC(CN)c1ccc(Cl)cc1. The molecule has 1 rings (SSSR count). The molecule has 0 aromatic heterocycles. The number of nitrogens with one attached hydrogen (secondary N) is 1. The van der Waals surface area contributed by atoms with E-state index >= 15 is 0 Å². The van der Waals surface area contributed by atoms with E-state index in [9.17, 15) is 0 Å². The van der Waals surface area contributed by atoms with Crippen molar-refractivity contribution in [3.05, 3.63) is 34.9 Å². The highest BCUT2D eigenvalue weighted by Crippen LogP contribution is 2.15. The van der Waals surface area contributed by atoms with Gasteiger partial charge in [-0.05, 0) is 24.6 Å². The van der Waals surface area contributed by atoms with Crippen molar-refractivity contribution in [1.29, 1.82) is 0 Å². The van der Waals surface area contributed by atoms with Crippen molar-refractivity contribution < 1.29 is 4.74 Å². The maximum atomic E-state index is 5.84. The number of benzene rings is 1. The van der Waals surface area contributed by atoms with E-state index in [0.29, 0.717) is 6.54 Å². The fourth-order valence-electron chi connectivity index (χ4n) is 1.42. The Morgan fingerprint density at radius 3 is 2.50 bits per heavy atom. The summed E-state index contributed by atoms with van der Waals surface area (Å²) in [5, 5.41) is 4.10. The number of methoxy groups -OCH3 is 1. The monoisotopic (exact) mass is 242 g/mol. The summed E-state index contributed by atoms with van der Waals surface area (Å²) in [7, 11) is 1.70. The van der Waals surface area contributed by atoms with Crippen molar-refractivity contribution in [3.8, 4) is 0 Å². The zero-order valence-corrected chi connectivity index (χ0v) is 10.5. The van der Waals surface area contributed by atoms with Crippen LogP contribution in [-0.2, 0) is 4.74 Å². The Morgan fingerprint density at radius 1 is 1.38 bits per heavy atom. The van der Waals surface area contributed by atoms with E-state index in [4.69, 9.17) is 22.1 Å². The van der Waals surface area contributed by atoms with E-state index in [1.54, 1.807) is 7.11 Å². The molecule has 16 heavy (non-hydrogen) atoms.